The van der Waals surface area contributed by atoms with Crippen LogP contribution in [0.3, 0.4) is 0 Å². The molecule has 0 aromatic carbocycles. The number of pyridine rings is 1. The van der Waals surface area contributed by atoms with Crippen molar-refractivity contribution in [3.8, 4) is 11.4 Å². The molecule has 7 nitrogen and oxygen atoms in total. The maximum atomic E-state index is 12.3. The molecule has 1 amide bonds. The minimum Gasteiger partial charge on any atom is -0.365 e. The van der Waals surface area contributed by atoms with E-state index in [1.54, 1.807) is 12.4 Å². The van der Waals surface area contributed by atoms with Gasteiger partial charge in [-0.1, -0.05) is 0 Å². The fourth-order valence-electron chi connectivity index (χ4n) is 2.47. The predicted octanol–water partition coefficient (Wildman–Crippen LogP) is 1.61. The average Bonchev–Trinajstić information content (AvgIpc) is 3.18. The lowest BCUT2D eigenvalue weighted by Crippen LogP contribution is -2.45. The molecule has 2 N–H and O–H groups in total. The fourth-order valence-corrected chi connectivity index (χ4v) is 2.47. The zero-order valence-corrected chi connectivity index (χ0v) is 12.7. The van der Waals surface area contributed by atoms with E-state index in [1.165, 1.54) is 0 Å². The van der Waals surface area contributed by atoms with Gasteiger partial charge in [-0.25, -0.2) is 4.98 Å². The van der Waals surface area contributed by atoms with Crippen LogP contribution < -0.4 is 5.32 Å². The molecule has 7 heteroatoms. The Kier molecular flexibility index (Phi) is 3.89. The first-order valence-electron chi connectivity index (χ1n) is 7.36. The quantitative estimate of drug-likeness (QED) is 0.895. The molecule has 3 heterocycles. The monoisotopic (exact) mass is 301 g/mol. The highest BCUT2D eigenvalue weighted by molar-refractivity contribution is 5.85. The standard InChI is InChI=1S/C15H19N5O2/c1-10(17-14(21)15(2)6-4-8-22-15)12-18-13(20-19-12)11-5-3-7-16-9-11/h3,5,7,9-10H,4,6,8H2,1-2H3,(H,17,21)(H,18,19,20)/t10-,15-/m0/s1. The lowest BCUT2D eigenvalue weighted by Gasteiger charge is -2.23. The second-order valence-corrected chi connectivity index (χ2v) is 5.66. The summed E-state index contributed by atoms with van der Waals surface area (Å²) in [5.41, 5.74) is 0.0927. The minimum absolute atomic E-state index is 0.114. The Morgan fingerprint density at radius 2 is 2.41 bits per heavy atom. The third kappa shape index (κ3) is 2.85. The maximum Gasteiger partial charge on any atom is 0.252 e. The Bertz CT molecular complexity index is 649. The van der Waals surface area contributed by atoms with Gasteiger partial charge in [-0.05, 0) is 38.8 Å². The van der Waals surface area contributed by atoms with Crippen LogP contribution in [0.15, 0.2) is 24.5 Å². The highest BCUT2D eigenvalue weighted by atomic mass is 16.5. The molecule has 0 aliphatic carbocycles. The number of rotatable bonds is 4. The summed E-state index contributed by atoms with van der Waals surface area (Å²) in [6, 6.07) is 3.44. The number of aromatic amines is 1. The van der Waals surface area contributed by atoms with E-state index in [1.807, 2.05) is 26.0 Å². The van der Waals surface area contributed by atoms with E-state index in [0.29, 0.717) is 18.3 Å². The van der Waals surface area contributed by atoms with Gasteiger partial charge >= 0.3 is 0 Å². The minimum atomic E-state index is -0.736. The number of hydrogen-bond acceptors (Lipinski definition) is 5. The molecule has 0 unspecified atom stereocenters. The Hall–Kier alpha value is -2.28. The number of carbonyl (C=O) groups is 1. The molecule has 1 fully saturated rings. The van der Waals surface area contributed by atoms with Gasteiger partial charge in [0.05, 0.1) is 6.04 Å². The van der Waals surface area contributed by atoms with Gasteiger partial charge in [-0.3, -0.25) is 14.9 Å². The lowest BCUT2D eigenvalue weighted by atomic mass is 10.0. The summed E-state index contributed by atoms with van der Waals surface area (Å²) in [7, 11) is 0. The van der Waals surface area contributed by atoms with Gasteiger partial charge in [0.1, 0.15) is 11.4 Å². The fraction of sp³-hybridized carbons (Fsp3) is 0.467. The number of amides is 1. The number of aromatic nitrogens is 4. The third-order valence-corrected chi connectivity index (χ3v) is 3.88. The van der Waals surface area contributed by atoms with Crippen molar-refractivity contribution in [3.05, 3.63) is 30.4 Å². The van der Waals surface area contributed by atoms with Crippen LogP contribution in [0.5, 0.6) is 0 Å². The molecule has 0 bridgehead atoms. The molecule has 116 valence electrons. The van der Waals surface area contributed by atoms with Crippen molar-refractivity contribution in [2.24, 2.45) is 0 Å². The molecule has 22 heavy (non-hydrogen) atoms. The summed E-state index contributed by atoms with van der Waals surface area (Å²) >= 11 is 0. The molecule has 2 atom stereocenters. The first kappa shape index (κ1) is 14.6. The van der Waals surface area contributed by atoms with Gasteiger partial charge in [0.25, 0.3) is 5.91 Å². The number of nitrogens with one attached hydrogen (secondary N) is 2. The Balaban J connectivity index is 1.69. The van der Waals surface area contributed by atoms with E-state index in [2.05, 4.69) is 25.5 Å². The molecule has 1 saturated heterocycles. The molecular weight excluding hydrogens is 282 g/mol. The highest BCUT2D eigenvalue weighted by Crippen LogP contribution is 2.26. The molecular formula is C15H19N5O2. The number of hydrogen-bond donors (Lipinski definition) is 2. The first-order chi connectivity index (χ1) is 10.6. The van der Waals surface area contributed by atoms with E-state index in [-0.39, 0.29) is 11.9 Å². The molecule has 0 saturated carbocycles. The van der Waals surface area contributed by atoms with Gasteiger partial charge in [-0.15, -0.1) is 0 Å². The van der Waals surface area contributed by atoms with Gasteiger partial charge < -0.3 is 10.1 Å². The van der Waals surface area contributed by atoms with Crippen LogP contribution >= 0.6 is 0 Å². The van der Waals surface area contributed by atoms with Crippen LogP contribution in [0, 0.1) is 0 Å². The molecule has 0 radical (unpaired) electrons. The maximum absolute atomic E-state index is 12.3. The second kappa shape index (κ2) is 5.84. The number of H-pyrrole nitrogens is 1. The Labute approximate surface area is 128 Å². The van der Waals surface area contributed by atoms with Crippen LogP contribution in [0.25, 0.3) is 11.4 Å². The highest BCUT2D eigenvalue weighted by Gasteiger charge is 2.38. The van der Waals surface area contributed by atoms with Crippen molar-refractivity contribution < 1.29 is 9.53 Å². The topological polar surface area (TPSA) is 92.8 Å². The van der Waals surface area contributed by atoms with E-state index in [0.717, 1.165) is 18.4 Å². The molecule has 1 aliphatic rings. The van der Waals surface area contributed by atoms with Crippen molar-refractivity contribution in [2.75, 3.05) is 6.61 Å². The Morgan fingerprint density at radius 3 is 3.09 bits per heavy atom. The molecule has 3 rings (SSSR count). The van der Waals surface area contributed by atoms with Crippen LogP contribution in [0.1, 0.15) is 38.6 Å². The number of nitrogens with zero attached hydrogens (tertiary/aromatic N) is 3. The molecule has 2 aromatic heterocycles. The summed E-state index contributed by atoms with van der Waals surface area (Å²) in [5, 5.41) is 9.97. The van der Waals surface area contributed by atoms with E-state index in [9.17, 15) is 4.79 Å². The van der Waals surface area contributed by atoms with Gasteiger partial charge in [0, 0.05) is 24.6 Å². The van der Waals surface area contributed by atoms with Crippen LogP contribution in [-0.4, -0.2) is 38.3 Å². The second-order valence-electron chi connectivity index (χ2n) is 5.66. The van der Waals surface area contributed by atoms with Crippen molar-refractivity contribution in [2.45, 2.75) is 38.3 Å². The summed E-state index contributed by atoms with van der Waals surface area (Å²) in [6.45, 7) is 4.32. The van der Waals surface area contributed by atoms with Crippen molar-refractivity contribution in [3.63, 3.8) is 0 Å². The van der Waals surface area contributed by atoms with Gasteiger partial charge in [0.15, 0.2) is 5.82 Å². The summed E-state index contributed by atoms with van der Waals surface area (Å²) < 4.78 is 5.55. The van der Waals surface area contributed by atoms with Crippen molar-refractivity contribution in [1.29, 1.82) is 0 Å². The largest absolute Gasteiger partial charge is 0.365 e. The normalized spacial score (nSPS) is 22.5. The van der Waals surface area contributed by atoms with E-state index < -0.39 is 5.60 Å². The smallest absolute Gasteiger partial charge is 0.252 e. The van der Waals surface area contributed by atoms with Crippen LogP contribution in [0.4, 0.5) is 0 Å². The third-order valence-electron chi connectivity index (χ3n) is 3.88. The number of ether oxygens (including phenoxy) is 1. The predicted molar refractivity (Wildman–Crippen MR) is 79.8 cm³/mol. The van der Waals surface area contributed by atoms with E-state index in [4.69, 9.17) is 4.74 Å². The molecule has 2 aromatic rings. The number of carbonyl (C=O) groups excluding carboxylic acids is 1. The summed E-state index contributed by atoms with van der Waals surface area (Å²) in [6.07, 6.45) is 5.04. The van der Waals surface area contributed by atoms with Crippen molar-refractivity contribution in [1.82, 2.24) is 25.5 Å². The summed E-state index contributed by atoms with van der Waals surface area (Å²) in [5.74, 6) is 1.05. The average molecular weight is 301 g/mol. The first-order valence-corrected chi connectivity index (χ1v) is 7.36. The zero-order valence-electron chi connectivity index (χ0n) is 12.7. The SMILES string of the molecule is C[C@H](NC(=O)[C@]1(C)CCCO1)c1nc(-c2cccnc2)n[nH]1. The van der Waals surface area contributed by atoms with Crippen molar-refractivity contribution >= 4 is 5.91 Å². The Morgan fingerprint density at radius 1 is 1.55 bits per heavy atom. The van der Waals surface area contributed by atoms with E-state index >= 15 is 0 Å². The lowest BCUT2D eigenvalue weighted by molar-refractivity contribution is -0.140. The molecule has 1 aliphatic heterocycles. The van der Waals surface area contributed by atoms with Crippen LogP contribution in [-0.2, 0) is 9.53 Å². The molecule has 0 spiro atoms. The zero-order chi connectivity index (χ0) is 15.6. The van der Waals surface area contributed by atoms with Gasteiger partial charge in [-0.2, -0.15) is 5.10 Å². The summed E-state index contributed by atoms with van der Waals surface area (Å²) in [4.78, 5) is 20.8. The van der Waals surface area contributed by atoms with Crippen LogP contribution in [0.2, 0.25) is 0 Å². The van der Waals surface area contributed by atoms with Gasteiger partial charge in [0.2, 0.25) is 0 Å².